The van der Waals surface area contributed by atoms with Crippen molar-refractivity contribution in [3.8, 4) is 0 Å². The molecule has 0 atom stereocenters. The molecule has 0 aromatic rings. The topological polar surface area (TPSA) is 17.1 Å². The van der Waals surface area contributed by atoms with Gasteiger partial charge in [0.1, 0.15) is 0 Å². The number of hydrogen-bond acceptors (Lipinski definition) is 1. The highest BCUT2D eigenvalue weighted by molar-refractivity contribution is 5.99. The van der Waals surface area contributed by atoms with E-state index in [1.54, 1.807) is 0 Å². The van der Waals surface area contributed by atoms with Gasteiger partial charge in [0.05, 0.1) is 0 Å². The molecular weight excluding hydrogens is 112 g/mol. The molecule has 0 bridgehead atoms. The fraction of sp³-hybridized carbons (Fsp3) is 0.625. The molecule has 2 rings (SSSR count). The van der Waals surface area contributed by atoms with Crippen molar-refractivity contribution in [2.45, 2.75) is 32.1 Å². The summed E-state index contributed by atoms with van der Waals surface area (Å²) in [5, 5.41) is 0. The molecule has 0 aromatic carbocycles. The molecule has 0 unspecified atom stereocenters. The molecule has 0 saturated carbocycles. The van der Waals surface area contributed by atoms with Crippen LogP contribution in [0.1, 0.15) is 32.1 Å². The minimum atomic E-state index is 0.433. The first-order valence-electron chi connectivity index (χ1n) is 3.62. The van der Waals surface area contributed by atoms with E-state index in [1.165, 1.54) is 24.0 Å². The van der Waals surface area contributed by atoms with Gasteiger partial charge in [0.25, 0.3) is 0 Å². The second kappa shape index (κ2) is 1.69. The zero-order valence-corrected chi connectivity index (χ0v) is 5.44. The first-order valence-corrected chi connectivity index (χ1v) is 3.62. The van der Waals surface area contributed by atoms with Gasteiger partial charge in [-0.15, -0.1) is 0 Å². The summed E-state index contributed by atoms with van der Waals surface area (Å²) in [7, 11) is 0. The molecule has 9 heavy (non-hydrogen) atoms. The normalized spacial score (nSPS) is 25.6. The SMILES string of the molecule is O=C1CCC2=C1CCC2. The van der Waals surface area contributed by atoms with Crippen LogP contribution in [-0.4, -0.2) is 5.78 Å². The van der Waals surface area contributed by atoms with Crippen LogP contribution in [0, 0.1) is 0 Å². The van der Waals surface area contributed by atoms with Crippen LogP contribution in [-0.2, 0) is 4.79 Å². The van der Waals surface area contributed by atoms with Crippen LogP contribution in [0.3, 0.4) is 0 Å². The zero-order chi connectivity index (χ0) is 6.27. The third-order valence-corrected chi connectivity index (χ3v) is 2.32. The molecular formula is C8H10O. The Hall–Kier alpha value is -0.590. The van der Waals surface area contributed by atoms with Crippen LogP contribution in [0.4, 0.5) is 0 Å². The minimum absolute atomic E-state index is 0.433. The Balaban J connectivity index is 2.34. The molecule has 0 radical (unpaired) electrons. The summed E-state index contributed by atoms with van der Waals surface area (Å²) in [5.41, 5.74) is 2.66. The molecule has 1 nitrogen and oxygen atoms in total. The fourth-order valence-corrected chi connectivity index (χ4v) is 1.83. The average molecular weight is 122 g/mol. The Morgan fingerprint density at radius 1 is 1.00 bits per heavy atom. The summed E-state index contributed by atoms with van der Waals surface area (Å²) < 4.78 is 0. The molecule has 2 aliphatic rings. The van der Waals surface area contributed by atoms with Gasteiger partial charge in [0, 0.05) is 6.42 Å². The van der Waals surface area contributed by atoms with Crippen LogP contribution < -0.4 is 0 Å². The summed E-state index contributed by atoms with van der Waals surface area (Å²) in [6, 6.07) is 0. The van der Waals surface area contributed by atoms with Crippen LogP contribution in [0.15, 0.2) is 11.1 Å². The van der Waals surface area contributed by atoms with Crippen LogP contribution in [0.25, 0.3) is 0 Å². The fourth-order valence-electron chi connectivity index (χ4n) is 1.83. The lowest BCUT2D eigenvalue weighted by molar-refractivity contribution is -0.115. The third kappa shape index (κ3) is 0.640. The summed E-state index contributed by atoms with van der Waals surface area (Å²) in [6.07, 6.45) is 5.41. The molecule has 0 aliphatic heterocycles. The lowest BCUT2D eigenvalue weighted by atomic mass is 10.1. The molecule has 0 aromatic heterocycles. The number of ketones is 1. The van der Waals surface area contributed by atoms with Crippen molar-refractivity contribution in [3.05, 3.63) is 11.1 Å². The highest BCUT2D eigenvalue weighted by atomic mass is 16.1. The van der Waals surface area contributed by atoms with E-state index in [0.717, 1.165) is 19.3 Å². The van der Waals surface area contributed by atoms with Crippen molar-refractivity contribution in [3.63, 3.8) is 0 Å². The van der Waals surface area contributed by atoms with E-state index < -0.39 is 0 Å². The molecule has 0 amide bonds. The van der Waals surface area contributed by atoms with E-state index in [9.17, 15) is 4.79 Å². The summed E-state index contributed by atoms with van der Waals surface area (Å²) in [4.78, 5) is 11.0. The maximum Gasteiger partial charge on any atom is 0.159 e. The van der Waals surface area contributed by atoms with Gasteiger partial charge in [-0.1, -0.05) is 5.57 Å². The van der Waals surface area contributed by atoms with E-state index >= 15 is 0 Å². The standard InChI is InChI=1S/C8H10O/c9-8-5-4-6-2-1-3-7(6)8/h1-5H2. The van der Waals surface area contributed by atoms with Crippen molar-refractivity contribution in [1.82, 2.24) is 0 Å². The van der Waals surface area contributed by atoms with Crippen molar-refractivity contribution in [1.29, 1.82) is 0 Å². The van der Waals surface area contributed by atoms with Crippen molar-refractivity contribution >= 4 is 5.78 Å². The van der Waals surface area contributed by atoms with E-state index in [-0.39, 0.29) is 0 Å². The lowest BCUT2D eigenvalue weighted by Crippen LogP contribution is -1.92. The molecule has 0 N–H and O–H groups in total. The highest BCUT2D eigenvalue weighted by Crippen LogP contribution is 2.35. The first-order chi connectivity index (χ1) is 4.38. The van der Waals surface area contributed by atoms with Crippen molar-refractivity contribution in [2.75, 3.05) is 0 Å². The van der Waals surface area contributed by atoms with Gasteiger partial charge in [0.2, 0.25) is 0 Å². The Bertz CT molecular complexity index is 189. The molecule has 0 spiro atoms. The quantitative estimate of drug-likeness (QED) is 0.479. The number of Topliss-reactive ketones (excluding diaryl/α,β-unsaturated/α-hetero) is 1. The zero-order valence-electron chi connectivity index (χ0n) is 5.44. The van der Waals surface area contributed by atoms with Crippen LogP contribution in [0.5, 0.6) is 0 Å². The maximum atomic E-state index is 11.0. The molecule has 1 heteroatoms. The van der Waals surface area contributed by atoms with Gasteiger partial charge in [-0.3, -0.25) is 4.79 Å². The number of carbonyl (C=O) groups is 1. The van der Waals surface area contributed by atoms with E-state index in [2.05, 4.69) is 0 Å². The molecule has 48 valence electrons. The van der Waals surface area contributed by atoms with Crippen molar-refractivity contribution < 1.29 is 4.79 Å². The number of rotatable bonds is 0. The molecule has 0 fully saturated rings. The van der Waals surface area contributed by atoms with Crippen molar-refractivity contribution in [2.24, 2.45) is 0 Å². The summed E-state index contributed by atoms with van der Waals surface area (Å²) in [6.45, 7) is 0. The first kappa shape index (κ1) is 5.21. The largest absolute Gasteiger partial charge is 0.295 e. The van der Waals surface area contributed by atoms with Gasteiger partial charge in [-0.2, -0.15) is 0 Å². The van der Waals surface area contributed by atoms with Gasteiger partial charge in [-0.05, 0) is 31.3 Å². The lowest BCUT2D eigenvalue weighted by Gasteiger charge is -1.90. The Kier molecular flexibility index (Phi) is 0.981. The number of allylic oxidation sites excluding steroid dienone is 2. The Morgan fingerprint density at radius 2 is 1.89 bits per heavy atom. The summed E-state index contributed by atoms with van der Waals surface area (Å²) >= 11 is 0. The summed E-state index contributed by atoms with van der Waals surface area (Å²) in [5.74, 6) is 0.433. The Morgan fingerprint density at radius 3 is 2.67 bits per heavy atom. The van der Waals surface area contributed by atoms with E-state index in [4.69, 9.17) is 0 Å². The third-order valence-electron chi connectivity index (χ3n) is 2.32. The predicted molar refractivity (Wildman–Crippen MR) is 35.1 cm³/mol. The van der Waals surface area contributed by atoms with Gasteiger partial charge in [-0.25, -0.2) is 0 Å². The Labute approximate surface area is 54.8 Å². The minimum Gasteiger partial charge on any atom is -0.295 e. The number of hydrogen-bond donors (Lipinski definition) is 0. The van der Waals surface area contributed by atoms with Gasteiger partial charge < -0.3 is 0 Å². The van der Waals surface area contributed by atoms with Gasteiger partial charge >= 0.3 is 0 Å². The molecule has 0 heterocycles. The highest BCUT2D eigenvalue weighted by Gasteiger charge is 2.25. The molecule has 0 saturated heterocycles. The maximum absolute atomic E-state index is 11.0. The molecule has 2 aliphatic carbocycles. The number of carbonyl (C=O) groups excluding carboxylic acids is 1. The monoisotopic (exact) mass is 122 g/mol. The average Bonchev–Trinajstić information content (AvgIpc) is 2.35. The van der Waals surface area contributed by atoms with Crippen LogP contribution >= 0.6 is 0 Å². The predicted octanol–water partition coefficient (Wildman–Crippen LogP) is 1.83. The van der Waals surface area contributed by atoms with Crippen LogP contribution in [0.2, 0.25) is 0 Å². The van der Waals surface area contributed by atoms with Gasteiger partial charge in [0.15, 0.2) is 5.78 Å². The van der Waals surface area contributed by atoms with E-state index in [1.807, 2.05) is 0 Å². The second-order valence-electron chi connectivity index (χ2n) is 2.86. The smallest absolute Gasteiger partial charge is 0.159 e. The van der Waals surface area contributed by atoms with E-state index in [0.29, 0.717) is 5.78 Å². The second-order valence-corrected chi connectivity index (χ2v) is 2.86.